The second-order valence-electron chi connectivity index (χ2n) is 7.70. The molecule has 4 amide bonds. The lowest BCUT2D eigenvalue weighted by Crippen LogP contribution is -2.46. The molecule has 12 heteroatoms. The molecule has 0 heterocycles. The Morgan fingerprint density at radius 3 is 1.56 bits per heavy atom. The summed E-state index contributed by atoms with van der Waals surface area (Å²) in [5.74, 6) is -1.48. The molecule has 0 fully saturated rings. The Labute approximate surface area is 189 Å². The number of amides is 4. The average molecular weight is 454 g/mol. The molecule has 0 aliphatic carbocycles. The highest BCUT2D eigenvalue weighted by atomic mass is 16.2. The predicted molar refractivity (Wildman–Crippen MR) is 118 cm³/mol. The highest BCUT2D eigenvalue weighted by Crippen LogP contribution is 2.01. The number of likely N-dealkylation sites (N-methyl/N-ethyl adjacent to an activating group) is 4. The Kier molecular flexibility index (Phi) is 14.1. The van der Waals surface area contributed by atoms with Gasteiger partial charge < -0.3 is 19.6 Å². The number of azide groups is 1. The smallest absolute Gasteiger partial charge is 0.242 e. The van der Waals surface area contributed by atoms with E-state index in [1.807, 2.05) is 6.92 Å². The Morgan fingerprint density at radius 1 is 0.688 bits per heavy atom. The quantitative estimate of drug-likeness (QED) is 0.155. The van der Waals surface area contributed by atoms with Crippen molar-refractivity contribution in [3.8, 4) is 0 Å². The summed E-state index contributed by atoms with van der Waals surface area (Å²) in [5.41, 5.74) is 8.20. The Morgan fingerprint density at radius 2 is 1.12 bits per heavy atom. The van der Waals surface area contributed by atoms with Crippen LogP contribution in [0.4, 0.5) is 0 Å². The van der Waals surface area contributed by atoms with Gasteiger partial charge in [-0.3, -0.25) is 24.0 Å². The van der Waals surface area contributed by atoms with Crippen molar-refractivity contribution in [1.29, 1.82) is 0 Å². The van der Waals surface area contributed by atoms with E-state index in [9.17, 15) is 24.0 Å². The molecular weight excluding hydrogens is 418 g/mol. The van der Waals surface area contributed by atoms with E-state index in [0.717, 1.165) is 0 Å². The van der Waals surface area contributed by atoms with Crippen LogP contribution in [0.1, 0.15) is 39.0 Å². The first-order valence-corrected chi connectivity index (χ1v) is 10.5. The van der Waals surface area contributed by atoms with Gasteiger partial charge in [-0.2, -0.15) is 0 Å². The van der Waals surface area contributed by atoms with Crippen LogP contribution < -0.4 is 0 Å². The van der Waals surface area contributed by atoms with Gasteiger partial charge in [0.1, 0.15) is 0 Å². The first-order chi connectivity index (χ1) is 15.0. The number of hydrogen-bond donors (Lipinski definition) is 0. The van der Waals surface area contributed by atoms with Crippen LogP contribution in [0.15, 0.2) is 5.11 Å². The number of carbonyl (C=O) groups is 5. The van der Waals surface area contributed by atoms with Crippen LogP contribution >= 0.6 is 0 Å². The van der Waals surface area contributed by atoms with E-state index in [4.69, 9.17) is 5.53 Å². The van der Waals surface area contributed by atoms with Gasteiger partial charge in [0.05, 0.1) is 26.2 Å². The number of nitrogens with zero attached hydrogens (tertiary/aromatic N) is 7. The Balaban J connectivity index is 4.44. The van der Waals surface area contributed by atoms with Crippen molar-refractivity contribution in [3.05, 3.63) is 10.4 Å². The van der Waals surface area contributed by atoms with E-state index in [2.05, 4.69) is 10.0 Å². The normalized spacial score (nSPS) is 10.0. The summed E-state index contributed by atoms with van der Waals surface area (Å²) in [4.78, 5) is 68.3. The van der Waals surface area contributed by atoms with Crippen molar-refractivity contribution < 1.29 is 24.0 Å². The van der Waals surface area contributed by atoms with Crippen LogP contribution in [0.25, 0.3) is 10.4 Å². The molecule has 32 heavy (non-hydrogen) atoms. The zero-order chi connectivity index (χ0) is 24.7. The molecule has 0 atom stereocenters. The lowest BCUT2D eigenvalue weighted by atomic mass is 10.1. The summed E-state index contributed by atoms with van der Waals surface area (Å²) >= 11 is 0. The second-order valence-corrected chi connectivity index (χ2v) is 7.70. The number of Topliss-reactive ketones (excluding diaryl/α,β-unsaturated/α-hetero) is 1. The molecule has 0 unspecified atom stereocenters. The highest BCUT2D eigenvalue weighted by Gasteiger charge is 2.21. The predicted octanol–water partition coefficient (Wildman–Crippen LogP) is 0.670. The van der Waals surface area contributed by atoms with Gasteiger partial charge in [0, 0.05) is 52.5 Å². The average Bonchev–Trinajstić information content (AvgIpc) is 2.73. The first kappa shape index (κ1) is 28.9. The van der Waals surface area contributed by atoms with E-state index >= 15 is 0 Å². The molecule has 12 nitrogen and oxygen atoms in total. The molecule has 0 saturated carbocycles. The Hall–Kier alpha value is -3.14. The fourth-order valence-corrected chi connectivity index (χ4v) is 2.62. The van der Waals surface area contributed by atoms with Gasteiger partial charge in [-0.05, 0) is 24.8 Å². The molecule has 0 aromatic carbocycles. The first-order valence-electron chi connectivity index (χ1n) is 10.5. The molecule has 0 radical (unpaired) electrons. The lowest BCUT2D eigenvalue weighted by molar-refractivity contribution is -0.144. The zero-order valence-electron chi connectivity index (χ0n) is 19.7. The molecule has 180 valence electrons. The number of unbranched alkanes of at least 4 members (excludes halogenated alkanes) is 1. The zero-order valence-corrected chi connectivity index (χ0v) is 19.7. The van der Waals surface area contributed by atoms with Gasteiger partial charge in [0.15, 0.2) is 5.78 Å². The standard InChI is InChI=1S/C20H35N7O5/c1-6-9-17(29)25(3)13-19(31)27(5)15-20(32)26(4)14-18(30)24(2)12-16(28)10-7-8-11-22-23-21/h6-15H2,1-5H3. The minimum Gasteiger partial charge on any atom is -0.337 e. The minimum absolute atomic E-state index is 0.0705. The summed E-state index contributed by atoms with van der Waals surface area (Å²) in [6, 6.07) is 0. The largest absolute Gasteiger partial charge is 0.337 e. The molecule has 0 bridgehead atoms. The third-order valence-electron chi connectivity index (χ3n) is 4.72. The topological polar surface area (TPSA) is 147 Å². The summed E-state index contributed by atoms with van der Waals surface area (Å²) in [6.07, 6.45) is 2.47. The van der Waals surface area contributed by atoms with E-state index in [-0.39, 0.29) is 50.2 Å². The van der Waals surface area contributed by atoms with Crippen LogP contribution in [-0.4, -0.2) is 110 Å². The molecule has 0 aromatic rings. The van der Waals surface area contributed by atoms with Crippen LogP contribution in [0.5, 0.6) is 0 Å². The SMILES string of the molecule is CCCC(=O)N(C)CC(=O)N(C)CC(=O)N(C)CC(=O)N(C)CC(=O)CCCCN=[N+]=[N-]. The van der Waals surface area contributed by atoms with Crippen molar-refractivity contribution in [3.63, 3.8) is 0 Å². The van der Waals surface area contributed by atoms with E-state index in [0.29, 0.717) is 32.2 Å². The van der Waals surface area contributed by atoms with Crippen LogP contribution in [0.2, 0.25) is 0 Å². The van der Waals surface area contributed by atoms with Crippen molar-refractivity contribution in [2.24, 2.45) is 5.11 Å². The molecule has 0 N–H and O–H groups in total. The fourth-order valence-electron chi connectivity index (χ4n) is 2.62. The summed E-state index contributed by atoms with van der Waals surface area (Å²) in [6.45, 7) is 1.55. The van der Waals surface area contributed by atoms with E-state index in [1.54, 1.807) is 0 Å². The summed E-state index contributed by atoms with van der Waals surface area (Å²) in [7, 11) is 5.92. The molecular formula is C20H35N7O5. The fraction of sp³-hybridized carbons (Fsp3) is 0.750. The molecule has 0 rings (SSSR count). The third kappa shape index (κ3) is 11.9. The second kappa shape index (κ2) is 15.6. The maximum Gasteiger partial charge on any atom is 0.242 e. The minimum atomic E-state index is -0.436. The maximum atomic E-state index is 12.4. The van der Waals surface area contributed by atoms with Gasteiger partial charge in [-0.25, -0.2) is 0 Å². The summed E-state index contributed by atoms with van der Waals surface area (Å²) < 4.78 is 0. The van der Waals surface area contributed by atoms with Gasteiger partial charge in [0.2, 0.25) is 23.6 Å². The van der Waals surface area contributed by atoms with E-state index in [1.165, 1.54) is 47.8 Å². The van der Waals surface area contributed by atoms with Crippen LogP contribution in [-0.2, 0) is 24.0 Å². The van der Waals surface area contributed by atoms with Crippen LogP contribution in [0.3, 0.4) is 0 Å². The third-order valence-corrected chi connectivity index (χ3v) is 4.72. The lowest BCUT2D eigenvalue weighted by Gasteiger charge is -2.25. The van der Waals surface area contributed by atoms with Crippen LogP contribution in [0, 0.1) is 0 Å². The van der Waals surface area contributed by atoms with Crippen molar-refractivity contribution in [2.45, 2.75) is 39.0 Å². The number of carbonyl (C=O) groups excluding carboxylic acids is 5. The molecule has 0 aliphatic rings. The number of hydrogen-bond acceptors (Lipinski definition) is 6. The van der Waals surface area contributed by atoms with Crippen molar-refractivity contribution in [1.82, 2.24) is 19.6 Å². The molecule has 0 saturated heterocycles. The van der Waals surface area contributed by atoms with Gasteiger partial charge in [-0.15, -0.1) is 0 Å². The van der Waals surface area contributed by atoms with E-state index < -0.39 is 11.8 Å². The van der Waals surface area contributed by atoms with Crippen molar-refractivity contribution in [2.75, 3.05) is 60.9 Å². The number of rotatable bonds is 15. The number of ketones is 1. The monoisotopic (exact) mass is 453 g/mol. The van der Waals surface area contributed by atoms with Crippen molar-refractivity contribution >= 4 is 29.4 Å². The Bertz CT molecular complexity index is 721. The molecule has 0 spiro atoms. The molecule has 0 aromatic heterocycles. The van der Waals surface area contributed by atoms with Gasteiger partial charge in [-0.1, -0.05) is 12.0 Å². The maximum absolute atomic E-state index is 12.4. The van der Waals surface area contributed by atoms with Gasteiger partial charge >= 0.3 is 0 Å². The molecule has 0 aliphatic heterocycles. The highest BCUT2D eigenvalue weighted by molar-refractivity contribution is 5.91. The van der Waals surface area contributed by atoms with Gasteiger partial charge in [0.25, 0.3) is 0 Å². The summed E-state index contributed by atoms with van der Waals surface area (Å²) in [5, 5.41) is 3.39.